The fraction of sp³-hybridized carbons (Fsp3) is 0.625. The SMILES string of the molecule is C.C.C.C.C.N=C=O.N=C=O.N=C=O. The largest absolute Gasteiger partial charge is 0.231 e. The van der Waals surface area contributed by atoms with Crippen LogP contribution < -0.4 is 0 Å². The topological polar surface area (TPSA) is 123 Å². The predicted molar refractivity (Wildman–Crippen MR) is 58.9 cm³/mol. The predicted octanol–water partition coefficient (Wildman–Crippen LogP) is 2.88. The van der Waals surface area contributed by atoms with Crippen LogP contribution in [0.5, 0.6) is 0 Å². The molecule has 0 aliphatic rings. The second kappa shape index (κ2) is 881. The summed E-state index contributed by atoms with van der Waals surface area (Å²) >= 11 is 0. The Morgan fingerprint density at radius 2 is 0.500 bits per heavy atom. The molecule has 0 atom stereocenters. The third kappa shape index (κ3) is 245. The van der Waals surface area contributed by atoms with Gasteiger partial charge in [0.2, 0.25) is 18.2 Å². The summed E-state index contributed by atoms with van der Waals surface area (Å²) in [5.74, 6) is 0. The Hall–Kier alpha value is -1.86. The van der Waals surface area contributed by atoms with Gasteiger partial charge in [0.05, 0.1) is 0 Å². The van der Waals surface area contributed by atoms with Crippen molar-refractivity contribution in [1.82, 2.24) is 0 Å². The van der Waals surface area contributed by atoms with E-state index in [2.05, 4.69) is 0 Å². The number of nitrogens with one attached hydrogen (secondary N) is 3. The Kier molecular flexibility index (Phi) is 5530. The van der Waals surface area contributed by atoms with Crippen LogP contribution in [0.15, 0.2) is 0 Å². The van der Waals surface area contributed by atoms with Crippen molar-refractivity contribution in [2.24, 2.45) is 0 Å². The molecule has 0 amide bonds. The molecular weight excluding hydrogens is 186 g/mol. The number of hydrogen-bond acceptors (Lipinski definition) is 6. The van der Waals surface area contributed by atoms with Crippen LogP contribution in [0.4, 0.5) is 0 Å². The number of hydrogen-bond donors (Lipinski definition) is 3. The molecule has 0 radical (unpaired) electrons. The molecule has 0 aliphatic heterocycles. The number of rotatable bonds is 0. The van der Waals surface area contributed by atoms with Gasteiger partial charge < -0.3 is 0 Å². The molecule has 0 unspecified atom stereocenters. The average molecular weight is 209 g/mol. The van der Waals surface area contributed by atoms with Gasteiger partial charge in [0.25, 0.3) is 0 Å². The molecule has 0 bridgehead atoms. The summed E-state index contributed by atoms with van der Waals surface area (Å²) in [5, 5.41) is 16.2. The molecule has 0 saturated carbocycles. The zero-order chi connectivity index (χ0) is 8.12. The Balaban J connectivity index is -0.00000000545. The van der Waals surface area contributed by atoms with Gasteiger partial charge in [-0.3, -0.25) is 0 Å². The maximum atomic E-state index is 8.35. The van der Waals surface area contributed by atoms with Gasteiger partial charge in [-0.25, -0.2) is 30.6 Å². The van der Waals surface area contributed by atoms with Crippen LogP contribution in [0.2, 0.25) is 0 Å². The summed E-state index contributed by atoms with van der Waals surface area (Å²) in [7, 11) is 0. The van der Waals surface area contributed by atoms with E-state index >= 15 is 0 Å². The molecule has 0 aromatic carbocycles. The standard InChI is InChI=1S/3CHNO.5CH4/c3*2-1-3;;;;;/h3*2H;5*1H4. The summed E-state index contributed by atoms with van der Waals surface area (Å²) in [5.41, 5.74) is 0. The van der Waals surface area contributed by atoms with Crippen LogP contribution in [0.3, 0.4) is 0 Å². The molecule has 0 rings (SSSR count). The van der Waals surface area contributed by atoms with Gasteiger partial charge >= 0.3 is 0 Å². The van der Waals surface area contributed by atoms with E-state index in [-0.39, 0.29) is 37.1 Å². The van der Waals surface area contributed by atoms with E-state index in [1.54, 1.807) is 0 Å². The third-order valence-electron chi connectivity index (χ3n) is 0. The van der Waals surface area contributed by atoms with E-state index in [0.29, 0.717) is 0 Å². The second-order valence-electron chi connectivity index (χ2n) is 0.306. The minimum Gasteiger partial charge on any atom is -0.222 e. The van der Waals surface area contributed by atoms with Crippen molar-refractivity contribution in [3.8, 4) is 0 Å². The van der Waals surface area contributed by atoms with Gasteiger partial charge in [0, 0.05) is 0 Å². The summed E-state index contributed by atoms with van der Waals surface area (Å²) in [6.07, 6.45) is 2.25. The van der Waals surface area contributed by atoms with Crippen molar-refractivity contribution in [3.05, 3.63) is 0 Å². The molecule has 0 fully saturated rings. The molecule has 14 heavy (non-hydrogen) atoms. The fourth-order valence-corrected chi connectivity index (χ4v) is 0. The highest BCUT2D eigenvalue weighted by atomic mass is 16.1. The molecule has 6 heteroatoms. The molecule has 0 saturated heterocycles. The van der Waals surface area contributed by atoms with Gasteiger partial charge in [0.1, 0.15) is 0 Å². The van der Waals surface area contributed by atoms with Gasteiger partial charge in [-0.2, -0.15) is 0 Å². The van der Waals surface area contributed by atoms with Crippen LogP contribution in [0.25, 0.3) is 0 Å². The van der Waals surface area contributed by atoms with E-state index in [9.17, 15) is 0 Å². The Labute approximate surface area is 86.9 Å². The molecule has 6 nitrogen and oxygen atoms in total. The quantitative estimate of drug-likeness (QED) is 0.419. The fourth-order valence-electron chi connectivity index (χ4n) is 0. The first kappa shape index (κ1) is 87.9. The van der Waals surface area contributed by atoms with Crippen molar-refractivity contribution in [2.75, 3.05) is 0 Å². The van der Waals surface area contributed by atoms with Gasteiger partial charge in [0.15, 0.2) is 0 Å². The zero-order valence-corrected chi connectivity index (χ0v) is 4.22. The van der Waals surface area contributed by atoms with E-state index in [1.807, 2.05) is 0 Å². The van der Waals surface area contributed by atoms with Crippen molar-refractivity contribution in [2.45, 2.75) is 37.1 Å². The lowest BCUT2D eigenvalue weighted by molar-refractivity contribution is 0.562. The van der Waals surface area contributed by atoms with Crippen molar-refractivity contribution in [1.29, 1.82) is 16.2 Å². The first-order valence-corrected chi connectivity index (χ1v) is 1.36. The van der Waals surface area contributed by atoms with Crippen molar-refractivity contribution < 1.29 is 14.4 Å². The van der Waals surface area contributed by atoms with E-state index in [0.717, 1.165) is 18.2 Å². The summed E-state index contributed by atoms with van der Waals surface area (Å²) in [6, 6.07) is 0. The Morgan fingerprint density at radius 1 is 0.500 bits per heavy atom. The minimum absolute atomic E-state index is 0. The highest BCUT2D eigenvalue weighted by Gasteiger charge is 1.04. The highest BCUT2D eigenvalue weighted by Crippen LogP contribution is 0.874. The van der Waals surface area contributed by atoms with Crippen LogP contribution in [0, 0.1) is 16.2 Å². The molecule has 0 aliphatic carbocycles. The first-order chi connectivity index (χ1) is 4.24. The lowest BCUT2D eigenvalue weighted by Crippen LogP contribution is -1.16. The molecule has 0 heterocycles. The molecule has 3 N–H and O–H groups in total. The zero-order valence-electron chi connectivity index (χ0n) is 4.22. The second-order valence-corrected chi connectivity index (χ2v) is 0.306. The number of isocyanates is 3. The molecular formula is C8H23N3O3. The molecule has 0 aromatic rings. The first-order valence-electron chi connectivity index (χ1n) is 1.36. The van der Waals surface area contributed by atoms with Crippen LogP contribution in [0.1, 0.15) is 37.1 Å². The van der Waals surface area contributed by atoms with Crippen molar-refractivity contribution in [3.63, 3.8) is 0 Å². The molecule has 0 spiro atoms. The minimum atomic E-state index is 0. The summed E-state index contributed by atoms with van der Waals surface area (Å²) < 4.78 is 0. The monoisotopic (exact) mass is 209 g/mol. The highest BCUT2D eigenvalue weighted by molar-refractivity contribution is 5.26. The van der Waals surface area contributed by atoms with Gasteiger partial charge in [-0.05, 0) is 0 Å². The summed E-state index contributed by atoms with van der Waals surface area (Å²) in [4.78, 5) is 25.0. The third-order valence-corrected chi connectivity index (χ3v) is 0. The van der Waals surface area contributed by atoms with Crippen LogP contribution in [-0.2, 0) is 14.4 Å². The van der Waals surface area contributed by atoms with Gasteiger partial charge in [-0.1, -0.05) is 37.1 Å². The van der Waals surface area contributed by atoms with Crippen LogP contribution >= 0.6 is 0 Å². The average Bonchev–Trinajstić information content (AvgIpc) is 1.70. The van der Waals surface area contributed by atoms with E-state index in [4.69, 9.17) is 30.6 Å². The Morgan fingerprint density at radius 3 is 0.500 bits per heavy atom. The Bertz CT molecular complexity index is 111. The number of carbonyl (C=O) groups excluding carboxylic acids is 3. The molecule has 0 aromatic heterocycles. The van der Waals surface area contributed by atoms with E-state index < -0.39 is 0 Å². The summed E-state index contributed by atoms with van der Waals surface area (Å²) in [6.45, 7) is 0. The lowest BCUT2D eigenvalue weighted by atomic mass is 11.7. The smallest absolute Gasteiger partial charge is 0.222 e. The lowest BCUT2D eigenvalue weighted by Gasteiger charge is -1.02. The van der Waals surface area contributed by atoms with Gasteiger partial charge in [-0.15, -0.1) is 0 Å². The maximum Gasteiger partial charge on any atom is 0.231 e. The van der Waals surface area contributed by atoms with Crippen molar-refractivity contribution >= 4 is 18.2 Å². The van der Waals surface area contributed by atoms with E-state index in [1.165, 1.54) is 0 Å². The normalized spacial score (nSPS) is 1.71. The molecule has 88 valence electrons. The van der Waals surface area contributed by atoms with Crippen LogP contribution in [-0.4, -0.2) is 18.2 Å². The maximum absolute atomic E-state index is 8.35.